The summed E-state index contributed by atoms with van der Waals surface area (Å²) in [7, 11) is 0. The van der Waals surface area contributed by atoms with E-state index in [1.165, 1.54) is 12.2 Å². The van der Waals surface area contributed by atoms with Crippen LogP contribution in [0.4, 0.5) is 5.69 Å². The highest BCUT2D eigenvalue weighted by Crippen LogP contribution is 2.23. The summed E-state index contributed by atoms with van der Waals surface area (Å²) in [6.45, 7) is 2.39. The van der Waals surface area contributed by atoms with Gasteiger partial charge in [-0.05, 0) is 42.7 Å². The van der Waals surface area contributed by atoms with E-state index in [-0.39, 0.29) is 11.5 Å². The van der Waals surface area contributed by atoms with Crippen LogP contribution in [0.1, 0.15) is 12.5 Å². The van der Waals surface area contributed by atoms with Gasteiger partial charge < -0.3 is 15.0 Å². The summed E-state index contributed by atoms with van der Waals surface area (Å²) in [5.41, 5.74) is 1.54. The average molecular weight is 334 g/mol. The van der Waals surface area contributed by atoms with Crippen LogP contribution in [0.5, 0.6) is 5.75 Å². The minimum absolute atomic E-state index is 0.238. The molecule has 0 aliphatic heterocycles. The molecule has 5 nitrogen and oxygen atoms in total. The van der Waals surface area contributed by atoms with Crippen molar-refractivity contribution in [3.63, 3.8) is 0 Å². The van der Waals surface area contributed by atoms with E-state index in [1.54, 1.807) is 18.2 Å². The van der Waals surface area contributed by atoms with Gasteiger partial charge in [0, 0.05) is 17.2 Å². The summed E-state index contributed by atoms with van der Waals surface area (Å²) in [5.74, 6) is 0.273. The third kappa shape index (κ3) is 3.95. The third-order valence-corrected chi connectivity index (χ3v) is 3.64. The predicted molar refractivity (Wildman–Crippen MR) is 99.8 cm³/mol. The number of para-hydroxylation sites is 3. The van der Waals surface area contributed by atoms with Crippen molar-refractivity contribution in [2.24, 2.45) is 0 Å². The number of benzene rings is 2. The lowest BCUT2D eigenvalue weighted by molar-refractivity contribution is -0.111. The number of hydrogen-bond donors (Lipinski definition) is 2. The average Bonchev–Trinajstić information content (AvgIpc) is 2.62. The van der Waals surface area contributed by atoms with Crippen LogP contribution in [0.25, 0.3) is 17.0 Å². The molecule has 0 fully saturated rings. The molecule has 0 unspecified atom stereocenters. The first-order chi connectivity index (χ1) is 12.2. The summed E-state index contributed by atoms with van der Waals surface area (Å²) in [6.07, 6.45) is 2.84. The van der Waals surface area contributed by atoms with E-state index >= 15 is 0 Å². The molecule has 0 saturated carbocycles. The number of carbonyl (C=O) groups is 1. The fourth-order valence-electron chi connectivity index (χ4n) is 2.48. The SMILES string of the molecule is CCOc1ccccc1NC(=O)/C=C/c1cc2ccccc2[nH]c1=O. The highest BCUT2D eigenvalue weighted by molar-refractivity contribution is 6.02. The topological polar surface area (TPSA) is 71.2 Å². The summed E-state index contributed by atoms with van der Waals surface area (Å²) in [5, 5.41) is 3.67. The Hall–Kier alpha value is -3.34. The van der Waals surface area contributed by atoms with Crippen LogP contribution < -0.4 is 15.6 Å². The number of amides is 1. The number of ether oxygens (including phenoxy) is 1. The van der Waals surface area contributed by atoms with Crippen molar-refractivity contribution in [2.75, 3.05) is 11.9 Å². The minimum Gasteiger partial charge on any atom is -0.492 e. The summed E-state index contributed by atoms with van der Waals surface area (Å²) in [6, 6.07) is 16.5. The molecule has 0 saturated heterocycles. The zero-order valence-electron chi connectivity index (χ0n) is 13.8. The van der Waals surface area contributed by atoms with Crippen LogP contribution in [0.3, 0.4) is 0 Å². The summed E-state index contributed by atoms with van der Waals surface area (Å²) >= 11 is 0. The minimum atomic E-state index is -0.334. The molecule has 0 aliphatic rings. The molecule has 0 aliphatic carbocycles. The number of hydrogen-bond acceptors (Lipinski definition) is 3. The molecule has 5 heteroatoms. The molecule has 0 bridgehead atoms. The largest absolute Gasteiger partial charge is 0.492 e. The summed E-state index contributed by atoms with van der Waals surface area (Å²) < 4.78 is 5.47. The van der Waals surface area contributed by atoms with Gasteiger partial charge in [0.15, 0.2) is 0 Å². The van der Waals surface area contributed by atoms with E-state index in [9.17, 15) is 9.59 Å². The van der Waals surface area contributed by atoms with E-state index in [0.29, 0.717) is 23.6 Å². The van der Waals surface area contributed by atoms with Crippen LogP contribution in [0, 0.1) is 0 Å². The van der Waals surface area contributed by atoms with E-state index in [0.717, 1.165) is 10.9 Å². The van der Waals surface area contributed by atoms with Crippen LogP contribution in [0.15, 0.2) is 65.5 Å². The van der Waals surface area contributed by atoms with Crippen molar-refractivity contribution in [2.45, 2.75) is 6.92 Å². The number of H-pyrrole nitrogens is 1. The molecular formula is C20H18N2O3. The monoisotopic (exact) mass is 334 g/mol. The van der Waals surface area contributed by atoms with Crippen molar-refractivity contribution in [1.29, 1.82) is 0 Å². The van der Waals surface area contributed by atoms with Gasteiger partial charge in [0.25, 0.3) is 5.56 Å². The number of aromatic nitrogens is 1. The Balaban J connectivity index is 1.79. The van der Waals surface area contributed by atoms with Gasteiger partial charge in [0.1, 0.15) is 5.75 Å². The summed E-state index contributed by atoms with van der Waals surface area (Å²) in [4.78, 5) is 27.0. The third-order valence-electron chi connectivity index (χ3n) is 3.64. The quantitative estimate of drug-likeness (QED) is 0.701. The van der Waals surface area contributed by atoms with Gasteiger partial charge in [-0.25, -0.2) is 0 Å². The first-order valence-corrected chi connectivity index (χ1v) is 8.00. The lowest BCUT2D eigenvalue weighted by Crippen LogP contribution is -2.11. The van der Waals surface area contributed by atoms with E-state index in [4.69, 9.17) is 4.74 Å². The van der Waals surface area contributed by atoms with Gasteiger partial charge in [-0.1, -0.05) is 30.3 Å². The van der Waals surface area contributed by atoms with Crippen molar-refractivity contribution >= 4 is 28.6 Å². The second-order valence-electron chi connectivity index (χ2n) is 5.39. The Morgan fingerprint density at radius 3 is 2.76 bits per heavy atom. The molecule has 0 atom stereocenters. The van der Waals surface area contributed by atoms with Gasteiger partial charge in [0.2, 0.25) is 5.91 Å². The molecule has 25 heavy (non-hydrogen) atoms. The van der Waals surface area contributed by atoms with Gasteiger partial charge in [0.05, 0.1) is 12.3 Å². The van der Waals surface area contributed by atoms with Crippen LogP contribution in [-0.4, -0.2) is 17.5 Å². The lowest BCUT2D eigenvalue weighted by Gasteiger charge is -2.09. The standard InChI is InChI=1S/C20H18N2O3/c1-2-25-18-10-6-5-9-17(18)21-19(23)12-11-15-13-14-7-3-4-8-16(14)22-20(15)24/h3-13H,2H2,1H3,(H,21,23)(H,22,24)/b12-11+. The van der Waals surface area contributed by atoms with Gasteiger partial charge >= 0.3 is 0 Å². The maximum atomic E-state index is 12.2. The Bertz CT molecular complexity index is 989. The molecule has 0 radical (unpaired) electrons. The van der Waals surface area contributed by atoms with Crippen LogP contribution in [-0.2, 0) is 4.79 Å². The number of carbonyl (C=O) groups excluding carboxylic acids is 1. The number of anilines is 1. The van der Waals surface area contributed by atoms with Crippen molar-refractivity contribution in [1.82, 2.24) is 4.98 Å². The second-order valence-corrected chi connectivity index (χ2v) is 5.39. The van der Waals surface area contributed by atoms with Crippen LogP contribution >= 0.6 is 0 Å². The number of rotatable bonds is 5. The van der Waals surface area contributed by atoms with Crippen LogP contribution in [0.2, 0.25) is 0 Å². The molecule has 1 aromatic heterocycles. The lowest BCUT2D eigenvalue weighted by atomic mass is 10.1. The van der Waals surface area contributed by atoms with Crippen molar-refractivity contribution in [3.8, 4) is 5.75 Å². The maximum Gasteiger partial charge on any atom is 0.255 e. The Morgan fingerprint density at radius 2 is 1.92 bits per heavy atom. The molecule has 126 valence electrons. The first kappa shape index (κ1) is 16.5. The molecule has 3 rings (SSSR count). The van der Waals surface area contributed by atoms with Gasteiger partial charge in [-0.2, -0.15) is 0 Å². The zero-order valence-corrected chi connectivity index (χ0v) is 13.8. The number of aromatic amines is 1. The van der Waals surface area contributed by atoms with Crippen molar-refractivity contribution in [3.05, 3.63) is 76.6 Å². The van der Waals surface area contributed by atoms with Gasteiger partial charge in [-0.15, -0.1) is 0 Å². The predicted octanol–water partition coefficient (Wildman–Crippen LogP) is 3.58. The van der Waals surface area contributed by atoms with E-state index in [1.807, 2.05) is 43.3 Å². The zero-order chi connectivity index (χ0) is 17.6. The highest BCUT2D eigenvalue weighted by Gasteiger charge is 2.05. The second kappa shape index (κ2) is 7.49. The molecular weight excluding hydrogens is 316 g/mol. The number of fused-ring (bicyclic) bond motifs is 1. The fraction of sp³-hybridized carbons (Fsp3) is 0.100. The molecule has 1 heterocycles. The fourth-order valence-corrected chi connectivity index (χ4v) is 2.48. The molecule has 3 aromatic rings. The highest BCUT2D eigenvalue weighted by atomic mass is 16.5. The van der Waals surface area contributed by atoms with Gasteiger partial charge in [-0.3, -0.25) is 9.59 Å². The van der Waals surface area contributed by atoms with E-state index in [2.05, 4.69) is 10.3 Å². The Morgan fingerprint density at radius 1 is 1.16 bits per heavy atom. The molecule has 1 amide bonds. The number of pyridine rings is 1. The normalized spacial score (nSPS) is 10.9. The Labute approximate surface area is 145 Å². The number of nitrogens with one attached hydrogen (secondary N) is 2. The molecule has 0 spiro atoms. The van der Waals surface area contributed by atoms with E-state index < -0.39 is 0 Å². The molecule has 2 N–H and O–H groups in total. The maximum absolute atomic E-state index is 12.2. The molecule has 2 aromatic carbocycles. The first-order valence-electron chi connectivity index (χ1n) is 8.00. The van der Waals surface area contributed by atoms with Crippen molar-refractivity contribution < 1.29 is 9.53 Å². The smallest absolute Gasteiger partial charge is 0.255 e. The Kier molecular flexibility index (Phi) is 4.95.